The molecule has 0 saturated heterocycles. The van der Waals surface area contributed by atoms with Crippen LogP contribution in [0.4, 0.5) is 5.69 Å². The van der Waals surface area contributed by atoms with Crippen LogP contribution in [0.1, 0.15) is 25.0 Å². The molecule has 0 aliphatic carbocycles. The third kappa shape index (κ3) is 6.60. The van der Waals surface area contributed by atoms with Crippen LogP contribution in [-0.2, 0) is 26.2 Å². The second-order valence-electron chi connectivity index (χ2n) is 7.39. The summed E-state index contributed by atoms with van der Waals surface area (Å²) in [6, 6.07) is 10.9. The first-order valence-corrected chi connectivity index (χ1v) is 12.6. The monoisotopic (exact) mass is 499 g/mol. The summed E-state index contributed by atoms with van der Waals surface area (Å²) in [6.45, 7) is 5.11. The molecule has 0 spiro atoms. The van der Waals surface area contributed by atoms with E-state index in [0.29, 0.717) is 22.2 Å². The third-order valence-corrected chi connectivity index (χ3v) is 6.86. The molecule has 1 atom stereocenters. The van der Waals surface area contributed by atoms with Crippen molar-refractivity contribution < 1.29 is 18.0 Å². The summed E-state index contributed by atoms with van der Waals surface area (Å²) in [4.78, 5) is 27.2. The predicted octanol–water partition coefficient (Wildman–Crippen LogP) is 3.62. The Hall–Kier alpha value is -2.29. The van der Waals surface area contributed by atoms with Crippen molar-refractivity contribution in [1.29, 1.82) is 0 Å². The Balaban J connectivity index is 2.42. The highest BCUT2D eigenvalue weighted by molar-refractivity contribution is 7.92. The number of anilines is 1. The van der Waals surface area contributed by atoms with Crippen LogP contribution < -0.4 is 9.62 Å². The van der Waals surface area contributed by atoms with Crippen LogP contribution >= 0.6 is 23.2 Å². The van der Waals surface area contributed by atoms with E-state index in [1.807, 2.05) is 0 Å². The van der Waals surface area contributed by atoms with Gasteiger partial charge in [0.1, 0.15) is 12.6 Å². The standard InChI is InChI=1S/C22H27Cl2N3O4S/c1-5-25-22(29)16(3)26(13-17-8-6-7-9-19(17)23)21(28)14-27(32(4,30)31)18-11-10-15(2)20(24)12-18/h6-12,16H,5,13-14H2,1-4H3,(H,25,29). The molecule has 0 radical (unpaired) electrons. The fraction of sp³-hybridized carbons (Fsp3) is 0.364. The number of amides is 2. The van der Waals surface area contributed by atoms with E-state index >= 15 is 0 Å². The second-order valence-corrected chi connectivity index (χ2v) is 10.1. The van der Waals surface area contributed by atoms with Crippen LogP contribution in [0.25, 0.3) is 0 Å². The van der Waals surface area contributed by atoms with Gasteiger partial charge in [-0.2, -0.15) is 0 Å². The number of benzene rings is 2. The molecule has 0 aliphatic rings. The molecule has 0 aromatic heterocycles. The minimum absolute atomic E-state index is 0.0447. The van der Waals surface area contributed by atoms with E-state index in [1.54, 1.807) is 57.2 Å². The van der Waals surface area contributed by atoms with Gasteiger partial charge in [0.2, 0.25) is 21.8 Å². The van der Waals surface area contributed by atoms with Crippen molar-refractivity contribution in [2.75, 3.05) is 23.7 Å². The number of rotatable bonds is 9. The number of nitrogens with zero attached hydrogens (tertiary/aromatic N) is 2. The Bertz CT molecular complexity index is 1090. The third-order valence-electron chi connectivity index (χ3n) is 4.94. The summed E-state index contributed by atoms with van der Waals surface area (Å²) in [6.07, 6.45) is 1.01. The number of carbonyl (C=O) groups is 2. The number of aryl methyl sites for hydroxylation is 1. The second kappa shape index (κ2) is 11.0. The van der Waals surface area contributed by atoms with E-state index in [1.165, 1.54) is 11.0 Å². The van der Waals surface area contributed by atoms with Crippen LogP contribution in [0.15, 0.2) is 42.5 Å². The van der Waals surface area contributed by atoms with Crippen molar-refractivity contribution in [2.45, 2.75) is 33.4 Å². The fourth-order valence-corrected chi connectivity index (χ4v) is 4.28. The number of nitrogens with one attached hydrogen (secondary N) is 1. The SMILES string of the molecule is CCNC(=O)C(C)N(Cc1ccccc1Cl)C(=O)CN(c1ccc(C)c(Cl)c1)S(C)(=O)=O. The summed E-state index contributed by atoms with van der Waals surface area (Å²) < 4.78 is 26.0. The van der Waals surface area contributed by atoms with E-state index < -0.39 is 28.5 Å². The van der Waals surface area contributed by atoms with Crippen molar-refractivity contribution in [1.82, 2.24) is 10.2 Å². The van der Waals surface area contributed by atoms with Crippen molar-refractivity contribution in [3.8, 4) is 0 Å². The molecule has 0 fully saturated rings. The zero-order valence-corrected chi connectivity index (χ0v) is 20.8. The van der Waals surface area contributed by atoms with E-state index in [9.17, 15) is 18.0 Å². The molecular formula is C22H27Cl2N3O4S. The molecule has 1 unspecified atom stereocenters. The number of sulfonamides is 1. The zero-order valence-electron chi connectivity index (χ0n) is 18.4. The number of carbonyl (C=O) groups excluding carboxylic acids is 2. The Labute approximate surface area is 199 Å². The van der Waals surface area contributed by atoms with Crippen molar-refractivity contribution in [3.05, 3.63) is 63.6 Å². The quantitative estimate of drug-likeness (QED) is 0.570. The van der Waals surface area contributed by atoms with Gasteiger partial charge < -0.3 is 10.2 Å². The fourth-order valence-electron chi connectivity index (χ4n) is 3.07. The number of hydrogen-bond donors (Lipinski definition) is 1. The average Bonchev–Trinajstić information content (AvgIpc) is 2.72. The molecule has 2 aromatic rings. The Kier molecular flexibility index (Phi) is 8.95. The number of halogens is 2. The van der Waals surface area contributed by atoms with Crippen LogP contribution in [0.5, 0.6) is 0 Å². The van der Waals surface area contributed by atoms with E-state index in [-0.39, 0.29) is 18.1 Å². The molecule has 10 heteroatoms. The molecular weight excluding hydrogens is 473 g/mol. The first-order chi connectivity index (χ1) is 15.0. The van der Waals surface area contributed by atoms with Gasteiger partial charge >= 0.3 is 0 Å². The maximum atomic E-state index is 13.4. The molecule has 0 aliphatic heterocycles. The number of likely N-dealkylation sites (N-methyl/N-ethyl adjacent to an activating group) is 1. The molecule has 7 nitrogen and oxygen atoms in total. The largest absolute Gasteiger partial charge is 0.355 e. The van der Waals surface area contributed by atoms with Gasteiger partial charge in [-0.15, -0.1) is 0 Å². The Morgan fingerprint density at radius 2 is 1.75 bits per heavy atom. The van der Waals surface area contributed by atoms with Gasteiger partial charge in [0, 0.05) is 23.1 Å². The molecule has 2 amide bonds. The lowest BCUT2D eigenvalue weighted by atomic mass is 10.1. The summed E-state index contributed by atoms with van der Waals surface area (Å²) >= 11 is 12.4. The van der Waals surface area contributed by atoms with Gasteiger partial charge in [0.05, 0.1) is 11.9 Å². The lowest BCUT2D eigenvalue weighted by Gasteiger charge is -2.31. The highest BCUT2D eigenvalue weighted by Gasteiger charge is 2.30. The van der Waals surface area contributed by atoms with E-state index in [2.05, 4.69) is 5.32 Å². The Morgan fingerprint density at radius 1 is 1.09 bits per heavy atom. The van der Waals surface area contributed by atoms with E-state index in [4.69, 9.17) is 23.2 Å². The van der Waals surface area contributed by atoms with Crippen LogP contribution in [0.3, 0.4) is 0 Å². The maximum absolute atomic E-state index is 13.4. The minimum Gasteiger partial charge on any atom is -0.355 e. The lowest BCUT2D eigenvalue weighted by Crippen LogP contribution is -2.51. The summed E-state index contributed by atoms with van der Waals surface area (Å²) in [5.41, 5.74) is 1.68. The summed E-state index contributed by atoms with van der Waals surface area (Å²) in [7, 11) is -3.81. The first-order valence-electron chi connectivity index (χ1n) is 10.00. The predicted molar refractivity (Wildman–Crippen MR) is 129 cm³/mol. The molecule has 2 rings (SSSR count). The molecule has 32 heavy (non-hydrogen) atoms. The minimum atomic E-state index is -3.81. The molecule has 1 N–H and O–H groups in total. The molecule has 0 bridgehead atoms. The van der Waals surface area contributed by atoms with E-state index in [0.717, 1.165) is 16.1 Å². The van der Waals surface area contributed by atoms with Crippen molar-refractivity contribution in [2.24, 2.45) is 0 Å². The lowest BCUT2D eigenvalue weighted by molar-refractivity contribution is -0.139. The van der Waals surface area contributed by atoms with Crippen LogP contribution in [0.2, 0.25) is 10.0 Å². The smallest absolute Gasteiger partial charge is 0.244 e. The van der Waals surface area contributed by atoms with Gasteiger partial charge in [-0.25, -0.2) is 8.42 Å². The highest BCUT2D eigenvalue weighted by Crippen LogP contribution is 2.26. The van der Waals surface area contributed by atoms with Gasteiger partial charge in [0.15, 0.2) is 0 Å². The zero-order chi connectivity index (χ0) is 24.1. The van der Waals surface area contributed by atoms with Gasteiger partial charge in [0.25, 0.3) is 0 Å². The van der Waals surface area contributed by atoms with Crippen LogP contribution in [0, 0.1) is 6.92 Å². The number of hydrogen-bond acceptors (Lipinski definition) is 4. The van der Waals surface area contributed by atoms with Crippen molar-refractivity contribution >= 4 is 50.7 Å². The van der Waals surface area contributed by atoms with Crippen molar-refractivity contribution in [3.63, 3.8) is 0 Å². The maximum Gasteiger partial charge on any atom is 0.244 e. The van der Waals surface area contributed by atoms with Gasteiger partial charge in [-0.05, 0) is 50.1 Å². The average molecular weight is 500 g/mol. The molecule has 0 saturated carbocycles. The van der Waals surface area contributed by atoms with Gasteiger partial charge in [-0.3, -0.25) is 13.9 Å². The molecule has 0 heterocycles. The molecule has 174 valence electrons. The van der Waals surface area contributed by atoms with Gasteiger partial charge in [-0.1, -0.05) is 47.5 Å². The topological polar surface area (TPSA) is 86.8 Å². The summed E-state index contributed by atoms with van der Waals surface area (Å²) in [5.74, 6) is -0.900. The molecule has 2 aromatic carbocycles. The normalized spacial score (nSPS) is 12.2. The Morgan fingerprint density at radius 3 is 2.31 bits per heavy atom. The summed E-state index contributed by atoms with van der Waals surface area (Å²) in [5, 5.41) is 3.52. The first kappa shape index (κ1) is 26.0. The highest BCUT2D eigenvalue weighted by atomic mass is 35.5. The van der Waals surface area contributed by atoms with Crippen LogP contribution in [-0.4, -0.2) is 50.5 Å².